The summed E-state index contributed by atoms with van der Waals surface area (Å²) in [6.45, 7) is 9.51. The number of rotatable bonds is 2. The first-order valence-electron chi connectivity index (χ1n) is 4.36. The Kier molecular flexibility index (Phi) is 2.81. The maximum Gasteiger partial charge on any atom is 0.142 e. The van der Waals surface area contributed by atoms with Gasteiger partial charge in [0.2, 0.25) is 0 Å². The average Bonchev–Trinajstić information content (AvgIpc) is 2.29. The molecule has 0 saturated carbocycles. The fourth-order valence-electron chi connectivity index (χ4n) is 0.858. The highest BCUT2D eigenvalue weighted by Gasteiger charge is 2.12. The number of nitrogens with one attached hydrogen (secondary N) is 1. The first kappa shape index (κ1) is 10.3. The molecule has 4 heteroatoms. The van der Waals surface area contributed by atoms with Gasteiger partial charge in [0.15, 0.2) is 0 Å². The van der Waals surface area contributed by atoms with Crippen molar-refractivity contribution in [2.75, 3.05) is 17.6 Å². The van der Waals surface area contributed by atoms with Gasteiger partial charge in [-0.2, -0.15) is 4.37 Å². The van der Waals surface area contributed by atoms with Crippen LogP contribution in [0.5, 0.6) is 0 Å². The van der Waals surface area contributed by atoms with Gasteiger partial charge in [-0.05, 0) is 23.9 Å². The minimum absolute atomic E-state index is 0.283. The van der Waals surface area contributed by atoms with Gasteiger partial charge in [-0.15, -0.1) is 0 Å². The van der Waals surface area contributed by atoms with Crippen LogP contribution >= 0.6 is 11.5 Å². The van der Waals surface area contributed by atoms with Crippen molar-refractivity contribution in [1.29, 1.82) is 0 Å². The van der Waals surface area contributed by atoms with E-state index in [-0.39, 0.29) is 5.41 Å². The Labute approximate surface area is 83.5 Å². The molecule has 0 amide bonds. The Hall–Kier alpha value is -0.770. The van der Waals surface area contributed by atoms with E-state index in [2.05, 4.69) is 30.5 Å². The van der Waals surface area contributed by atoms with E-state index in [0.717, 1.165) is 17.1 Å². The summed E-state index contributed by atoms with van der Waals surface area (Å²) in [5.41, 5.74) is 6.99. The molecule has 3 N–H and O–H groups in total. The average molecular weight is 199 g/mol. The van der Waals surface area contributed by atoms with Crippen LogP contribution < -0.4 is 11.1 Å². The number of anilines is 2. The molecule has 1 heterocycles. The first-order valence-corrected chi connectivity index (χ1v) is 5.13. The normalized spacial score (nSPS) is 11.7. The van der Waals surface area contributed by atoms with E-state index in [1.807, 2.05) is 6.92 Å². The van der Waals surface area contributed by atoms with Crippen LogP contribution in [0.1, 0.15) is 26.3 Å². The van der Waals surface area contributed by atoms with Gasteiger partial charge in [0.05, 0.1) is 0 Å². The van der Waals surface area contributed by atoms with Gasteiger partial charge in [0.25, 0.3) is 0 Å². The summed E-state index contributed by atoms with van der Waals surface area (Å²) in [5, 5.41) is 4.44. The summed E-state index contributed by atoms with van der Waals surface area (Å²) < 4.78 is 4.07. The molecule has 1 aromatic rings. The summed E-state index contributed by atoms with van der Waals surface area (Å²) in [4.78, 5) is 0. The lowest BCUT2D eigenvalue weighted by molar-refractivity contribution is 0.443. The van der Waals surface area contributed by atoms with Crippen LogP contribution in [0.25, 0.3) is 0 Å². The minimum atomic E-state index is 0.283. The molecule has 74 valence electrons. The second kappa shape index (κ2) is 3.54. The van der Waals surface area contributed by atoms with Crippen LogP contribution in [0.15, 0.2) is 0 Å². The lowest BCUT2D eigenvalue weighted by atomic mass is 9.97. The zero-order valence-electron chi connectivity index (χ0n) is 8.64. The molecule has 1 aromatic heterocycles. The third-order valence-corrected chi connectivity index (χ3v) is 2.66. The molecule has 3 nitrogen and oxygen atoms in total. The van der Waals surface area contributed by atoms with Gasteiger partial charge >= 0.3 is 0 Å². The summed E-state index contributed by atoms with van der Waals surface area (Å²) in [6.07, 6.45) is 0. The Balaban J connectivity index is 2.60. The fraction of sp³-hybridized carbons (Fsp3) is 0.667. The predicted molar refractivity (Wildman–Crippen MR) is 59.2 cm³/mol. The number of nitrogens with zero attached hydrogens (tertiary/aromatic N) is 1. The first-order chi connectivity index (χ1) is 5.90. The summed E-state index contributed by atoms with van der Waals surface area (Å²) in [5.74, 6) is 0.640. The molecule has 0 spiro atoms. The molecule has 0 bridgehead atoms. The SMILES string of the molecule is Cc1c(N)nsc1NCC(C)(C)C. The van der Waals surface area contributed by atoms with Gasteiger partial charge in [0, 0.05) is 12.1 Å². The van der Waals surface area contributed by atoms with Crippen LogP contribution in [0.3, 0.4) is 0 Å². The molecular weight excluding hydrogens is 182 g/mol. The second-order valence-electron chi connectivity index (χ2n) is 4.44. The molecule has 0 atom stereocenters. The molecule has 0 saturated heterocycles. The highest BCUT2D eigenvalue weighted by molar-refractivity contribution is 7.10. The van der Waals surface area contributed by atoms with Crippen LogP contribution in [0.4, 0.5) is 10.8 Å². The maximum atomic E-state index is 5.64. The quantitative estimate of drug-likeness (QED) is 0.769. The van der Waals surface area contributed by atoms with Crippen molar-refractivity contribution in [3.63, 3.8) is 0 Å². The summed E-state index contributed by atoms with van der Waals surface area (Å²) in [7, 11) is 0. The number of aromatic nitrogens is 1. The van der Waals surface area contributed by atoms with Crippen LogP contribution in [0.2, 0.25) is 0 Å². The zero-order chi connectivity index (χ0) is 10.1. The molecule has 0 unspecified atom stereocenters. The van der Waals surface area contributed by atoms with E-state index in [1.165, 1.54) is 11.5 Å². The molecule has 0 aliphatic heterocycles. The van der Waals surface area contributed by atoms with E-state index in [9.17, 15) is 0 Å². The van der Waals surface area contributed by atoms with Crippen LogP contribution in [-0.4, -0.2) is 10.9 Å². The summed E-state index contributed by atoms with van der Waals surface area (Å²) in [6, 6.07) is 0. The lowest BCUT2D eigenvalue weighted by Gasteiger charge is -2.18. The summed E-state index contributed by atoms with van der Waals surface area (Å²) >= 11 is 1.43. The third-order valence-electron chi connectivity index (χ3n) is 1.74. The third kappa shape index (κ3) is 2.88. The Bertz CT molecular complexity index is 286. The molecule has 13 heavy (non-hydrogen) atoms. The molecule has 0 fully saturated rings. The van der Waals surface area contributed by atoms with E-state index in [4.69, 9.17) is 5.73 Å². The number of nitrogens with two attached hydrogens (primary N) is 1. The molecular formula is C9H17N3S. The van der Waals surface area contributed by atoms with Crippen molar-refractivity contribution >= 4 is 22.4 Å². The maximum absolute atomic E-state index is 5.64. The standard InChI is InChI=1S/C9H17N3S/c1-6-7(10)12-13-8(6)11-5-9(2,3)4/h11H,5H2,1-4H3,(H2,10,12). The number of nitrogen functional groups attached to an aromatic ring is 1. The molecule has 1 rings (SSSR count). The lowest BCUT2D eigenvalue weighted by Crippen LogP contribution is -2.18. The molecule has 0 aliphatic rings. The van der Waals surface area contributed by atoms with E-state index in [0.29, 0.717) is 5.82 Å². The second-order valence-corrected chi connectivity index (χ2v) is 5.21. The van der Waals surface area contributed by atoms with Crippen molar-refractivity contribution in [3.8, 4) is 0 Å². The Morgan fingerprint density at radius 1 is 1.46 bits per heavy atom. The highest BCUT2D eigenvalue weighted by atomic mass is 32.1. The molecule has 0 radical (unpaired) electrons. The van der Waals surface area contributed by atoms with Crippen molar-refractivity contribution < 1.29 is 0 Å². The van der Waals surface area contributed by atoms with E-state index < -0.39 is 0 Å². The fourth-order valence-corrected chi connectivity index (χ4v) is 1.56. The van der Waals surface area contributed by atoms with Crippen molar-refractivity contribution in [3.05, 3.63) is 5.56 Å². The van der Waals surface area contributed by atoms with Gasteiger partial charge in [0.1, 0.15) is 10.8 Å². The topological polar surface area (TPSA) is 50.9 Å². The number of hydrogen-bond acceptors (Lipinski definition) is 4. The zero-order valence-corrected chi connectivity index (χ0v) is 9.46. The molecule has 0 aliphatic carbocycles. The smallest absolute Gasteiger partial charge is 0.142 e. The van der Waals surface area contributed by atoms with E-state index in [1.54, 1.807) is 0 Å². The Morgan fingerprint density at radius 2 is 2.08 bits per heavy atom. The largest absolute Gasteiger partial charge is 0.383 e. The Morgan fingerprint density at radius 3 is 2.46 bits per heavy atom. The van der Waals surface area contributed by atoms with E-state index >= 15 is 0 Å². The van der Waals surface area contributed by atoms with Crippen LogP contribution in [-0.2, 0) is 0 Å². The van der Waals surface area contributed by atoms with Crippen molar-refractivity contribution in [2.45, 2.75) is 27.7 Å². The van der Waals surface area contributed by atoms with Gasteiger partial charge in [-0.25, -0.2) is 0 Å². The minimum Gasteiger partial charge on any atom is -0.383 e. The molecule has 0 aromatic carbocycles. The van der Waals surface area contributed by atoms with Crippen molar-refractivity contribution in [2.24, 2.45) is 5.41 Å². The monoisotopic (exact) mass is 199 g/mol. The van der Waals surface area contributed by atoms with Gasteiger partial charge in [-0.1, -0.05) is 20.8 Å². The van der Waals surface area contributed by atoms with Gasteiger partial charge < -0.3 is 11.1 Å². The van der Waals surface area contributed by atoms with Crippen LogP contribution in [0, 0.1) is 12.3 Å². The number of hydrogen-bond donors (Lipinski definition) is 2. The van der Waals surface area contributed by atoms with Gasteiger partial charge in [-0.3, -0.25) is 0 Å². The highest BCUT2D eigenvalue weighted by Crippen LogP contribution is 2.26. The predicted octanol–water partition coefficient (Wildman–Crippen LogP) is 2.49. The van der Waals surface area contributed by atoms with Crippen molar-refractivity contribution in [1.82, 2.24) is 4.37 Å².